The highest BCUT2D eigenvalue weighted by Crippen LogP contribution is 2.21. The van der Waals surface area contributed by atoms with Crippen molar-refractivity contribution >= 4 is 27.5 Å². The number of hydrogen-bond acceptors (Lipinski definition) is 4. The fraction of sp³-hybridized carbons (Fsp3) is 0.273. The zero-order valence-corrected chi connectivity index (χ0v) is 10.7. The lowest BCUT2D eigenvalue weighted by Crippen LogP contribution is -2.22. The molecule has 18 heavy (non-hydrogen) atoms. The second-order valence-corrected chi connectivity index (χ2v) is 6.48. The molecule has 0 aliphatic carbocycles. The predicted octanol–water partition coefficient (Wildman–Crippen LogP) is 0.720. The lowest BCUT2D eigenvalue weighted by atomic mass is 10.1. The average molecular weight is 268 g/mol. The molecular weight excluding hydrogens is 256 g/mol. The summed E-state index contributed by atoms with van der Waals surface area (Å²) < 4.78 is 25.7. The van der Waals surface area contributed by atoms with Crippen LogP contribution in [0.3, 0.4) is 0 Å². The van der Waals surface area contributed by atoms with Gasteiger partial charge in [-0.05, 0) is 32.0 Å². The molecule has 2 rings (SSSR count). The molecule has 0 fully saturated rings. The molecule has 0 bridgehead atoms. The molecule has 0 atom stereocenters. The number of carbonyl (C=O) groups is 2. The molecular formula is C11H12N2O4S. The topological polar surface area (TPSA) is 92.3 Å². The SMILES string of the molecule is CC(C)S(=O)(=O)Nc1ccc2c(c1)C(=O)NC2=O. The molecule has 96 valence electrons. The van der Waals surface area contributed by atoms with Gasteiger partial charge in [-0.1, -0.05) is 0 Å². The van der Waals surface area contributed by atoms with Crippen molar-refractivity contribution < 1.29 is 18.0 Å². The molecule has 2 N–H and O–H groups in total. The normalized spacial score (nSPS) is 14.6. The number of imide groups is 1. The van der Waals surface area contributed by atoms with E-state index in [1.165, 1.54) is 18.2 Å². The van der Waals surface area contributed by atoms with Gasteiger partial charge in [-0.15, -0.1) is 0 Å². The van der Waals surface area contributed by atoms with E-state index in [9.17, 15) is 18.0 Å². The number of rotatable bonds is 3. The fourth-order valence-corrected chi connectivity index (χ4v) is 2.20. The van der Waals surface area contributed by atoms with Crippen molar-refractivity contribution in [2.24, 2.45) is 0 Å². The number of nitrogens with one attached hydrogen (secondary N) is 2. The molecule has 1 aliphatic heterocycles. The van der Waals surface area contributed by atoms with E-state index in [1.54, 1.807) is 13.8 Å². The van der Waals surface area contributed by atoms with Gasteiger partial charge in [0.15, 0.2) is 0 Å². The van der Waals surface area contributed by atoms with Crippen LogP contribution in [0.15, 0.2) is 18.2 Å². The molecule has 1 aliphatic rings. The lowest BCUT2D eigenvalue weighted by Gasteiger charge is -2.11. The van der Waals surface area contributed by atoms with Gasteiger partial charge in [0.05, 0.1) is 16.4 Å². The molecule has 1 aromatic rings. The zero-order valence-electron chi connectivity index (χ0n) is 9.85. The van der Waals surface area contributed by atoms with E-state index < -0.39 is 27.1 Å². The van der Waals surface area contributed by atoms with Crippen molar-refractivity contribution in [1.82, 2.24) is 5.32 Å². The Balaban J connectivity index is 2.37. The van der Waals surface area contributed by atoms with Crippen molar-refractivity contribution in [3.63, 3.8) is 0 Å². The van der Waals surface area contributed by atoms with E-state index in [-0.39, 0.29) is 16.8 Å². The summed E-state index contributed by atoms with van der Waals surface area (Å²) in [5.41, 5.74) is 0.712. The predicted molar refractivity (Wildman–Crippen MR) is 65.9 cm³/mol. The average Bonchev–Trinajstić information content (AvgIpc) is 2.54. The Hall–Kier alpha value is -1.89. The quantitative estimate of drug-likeness (QED) is 0.790. The standard InChI is InChI=1S/C11H12N2O4S/c1-6(2)18(16,17)13-7-3-4-8-9(5-7)11(15)12-10(8)14/h3-6,13H,1-2H3,(H,12,14,15). The highest BCUT2D eigenvalue weighted by molar-refractivity contribution is 7.93. The monoisotopic (exact) mass is 268 g/mol. The van der Waals surface area contributed by atoms with Crippen LogP contribution in [0.4, 0.5) is 5.69 Å². The molecule has 0 aromatic heterocycles. The summed E-state index contributed by atoms with van der Waals surface area (Å²) in [5, 5.41) is 1.56. The first-order chi connectivity index (χ1) is 8.31. The van der Waals surface area contributed by atoms with Crippen LogP contribution in [0.1, 0.15) is 34.6 Å². The summed E-state index contributed by atoms with van der Waals surface area (Å²) >= 11 is 0. The van der Waals surface area contributed by atoms with E-state index in [0.717, 1.165) is 0 Å². The molecule has 0 saturated carbocycles. The van der Waals surface area contributed by atoms with Gasteiger partial charge >= 0.3 is 0 Å². The van der Waals surface area contributed by atoms with Crippen LogP contribution in [0.25, 0.3) is 0 Å². The Morgan fingerprint density at radius 1 is 1.11 bits per heavy atom. The van der Waals surface area contributed by atoms with Crippen LogP contribution in [-0.2, 0) is 10.0 Å². The van der Waals surface area contributed by atoms with Crippen LogP contribution in [0.2, 0.25) is 0 Å². The molecule has 6 nitrogen and oxygen atoms in total. The van der Waals surface area contributed by atoms with Gasteiger partial charge < -0.3 is 0 Å². The van der Waals surface area contributed by atoms with Crippen LogP contribution < -0.4 is 10.0 Å². The summed E-state index contributed by atoms with van der Waals surface area (Å²) in [5.74, 6) is -0.978. The van der Waals surface area contributed by atoms with Gasteiger partial charge in [0.25, 0.3) is 11.8 Å². The molecule has 1 aromatic carbocycles. The Kier molecular flexibility index (Phi) is 2.86. The summed E-state index contributed by atoms with van der Waals surface area (Å²) in [6.45, 7) is 3.10. The number of fused-ring (bicyclic) bond motifs is 1. The van der Waals surface area contributed by atoms with E-state index >= 15 is 0 Å². The Morgan fingerprint density at radius 2 is 1.72 bits per heavy atom. The molecule has 0 radical (unpaired) electrons. The first kappa shape index (κ1) is 12.6. The number of anilines is 1. The second kappa shape index (κ2) is 4.09. The minimum atomic E-state index is -3.47. The first-order valence-corrected chi connectivity index (χ1v) is 6.87. The summed E-state index contributed by atoms with van der Waals surface area (Å²) in [6.07, 6.45) is 0. The number of amides is 2. The summed E-state index contributed by atoms with van der Waals surface area (Å²) in [6, 6.07) is 4.24. The van der Waals surface area contributed by atoms with E-state index in [2.05, 4.69) is 10.0 Å². The Labute approximate surface area is 104 Å². The minimum absolute atomic E-state index is 0.184. The second-order valence-electron chi connectivity index (χ2n) is 4.24. The summed E-state index contributed by atoms with van der Waals surface area (Å²) in [4.78, 5) is 22.7. The van der Waals surface area contributed by atoms with Crippen molar-refractivity contribution in [3.05, 3.63) is 29.3 Å². The van der Waals surface area contributed by atoms with Gasteiger partial charge in [0, 0.05) is 5.69 Å². The van der Waals surface area contributed by atoms with Crippen LogP contribution >= 0.6 is 0 Å². The molecule has 7 heteroatoms. The van der Waals surface area contributed by atoms with Crippen LogP contribution in [-0.4, -0.2) is 25.5 Å². The molecule has 0 unspecified atom stereocenters. The maximum Gasteiger partial charge on any atom is 0.259 e. The van der Waals surface area contributed by atoms with Gasteiger partial charge in [-0.2, -0.15) is 0 Å². The van der Waals surface area contributed by atoms with Crippen LogP contribution in [0, 0.1) is 0 Å². The van der Waals surface area contributed by atoms with Crippen molar-refractivity contribution in [3.8, 4) is 0 Å². The third-order valence-corrected chi connectivity index (χ3v) is 4.38. The van der Waals surface area contributed by atoms with Crippen molar-refractivity contribution in [2.75, 3.05) is 4.72 Å². The minimum Gasteiger partial charge on any atom is -0.288 e. The van der Waals surface area contributed by atoms with Crippen molar-refractivity contribution in [1.29, 1.82) is 0 Å². The fourth-order valence-electron chi connectivity index (χ4n) is 1.51. The van der Waals surface area contributed by atoms with Gasteiger partial charge in [0.1, 0.15) is 0 Å². The Bertz CT molecular complexity index is 634. The number of carbonyl (C=O) groups excluding carboxylic acids is 2. The molecule has 1 heterocycles. The van der Waals surface area contributed by atoms with Gasteiger partial charge in [-0.25, -0.2) is 8.42 Å². The molecule has 0 saturated heterocycles. The highest BCUT2D eigenvalue weighted by Gasteiger charge is 2.27. The van der Waals surface area contributed by atoms with E-state index in [0.29, 0.717) is 0 Å². The lowest BCUT2D eigenvalue weighted by molar-refractivity contribution is 0.0879. The van der Waals surface area contributed by atoms with E-state index in [1.807, 2.05) is 0 Å². The Morgan fingerprint density at radius 3 is 2.33 bits per heavy atom. The van der Waals surface area contributed by atoms with E-state index in [4.69, 9.17) is 0 Å². The third kappa shape index (κ3) is 2.08. The smallest absolute Gasteiger partial charge is 0.259 e. The maximum atomic E-state index is 11.7. The van der Waals surface area contributed by atoms with Crippen molar-refractivity contribution in [2.45, 2.75) is 19.1 Å². The third-order valence-electron chi connectivity index (χ3n) is 2.62. The number of hydrogen-bond donors (Lipinski definition) is 2. The number of sulfonamides is 1. The largest absolute Gasteiger partial charge is 0.288 e. The first-order valence-electron chi connectivity index (χ1n) is 5.32. The van der Waals surface area contributed by atoms with Gasteiger partial charge in [-0.3, -0.25) is 19.6 Å². The zero-order chi connectivity index (χ0) is 13.5. The molecule has 0 spiro atoms. The maximum absolute atomic E-state index is 11.7. The highest BCUT2D eigenvalue weighted by atomic mass is 32.2. The van der Waals surface area contributed by atoms with Gasteiger partial charge in [0.2, 0.25) is 10.0 Å². The molecule has 2 amide bonds. The summed E-state index contributed by atoms with van der Waals surface area (Å²) in [7, 11) is -3.47. The number of benzene rings is 1. The van der Waals surface area contributed by atoms with Crippen LogP contribution in [0.5, 0.6) is 0 Å².